The van der Waals surface area contributed by atoms with E-state index < -0.39 is 0 Å². The maximum Gasteiger partial charge on any atom is 0.189 e. The molecule has 0 bridgehead atoms. The van der Waals surface area contributed by atoms with Crippen molar-refractivity contribution in [3.63, 3.8) is 0 Å². The van der Waals surface area contributed by atoms with Gasteiger partial charge in [0.2, 0.25) is 0 Å². The Labute approximate surface area is 106 Å². The summed E-state index contributed by atoms with van der Waals surface area (Å²) in [5.74, 6) is 1.45. The summed E-state index contributed by atoms with van der Waals surface area (Å²) < 4.78 is 1.85. The van der Waals surface area contributed by atoms with E-state index in [1.54, 1.807) is 17.4 Å². The Balaban J connectivity index is 2.31. The largest absolute Gasteiger partial charge is 0.261 e. The first-order chi connectivity index (χ1) is 8.15. The summed E-state index contributed by atoms with van der Waals surface area (Å²) >= 11 is 7.46. The summed E-state index contributed by atoms with van der Waals surface area (Å²) in [4.78, 5) is 8.59. The molecular weight excluding hydrogens is 258 g/mol. The molecular formula is C10H8ClN5S. The molecule has 0 aliphatic rings. The quantitative estimate of drug-likeness (QED) is 0.635. The van der Waals surface area contributed by atoms with E-state index in [0.717, 1.165) is 16.5 Å². The molecule has 3 aromatic rings. The molecule has 3 aromatic heterocycles. The molecule has 0 amide bonds. The Bertz CT molecular complexity index is 702. The third kappa shape index (κ3) is 1.69. The summed E-state index contributed by atoms with van der Waals surface area (Å²) in [5.41, 5.74) is 1.50. The van der Waals surface area contributed by atoms with Crippen LogP contribution in [0.5, 0.6) is 0 Å². The second kappa shape index (κ2) is 3.75. The number of hydrogen-bond acceptors (Lipinski definition) is 5. The Morgan fingerprint density at radius 1 is 1.24 bits per heavy atom. The first-order valence-electron chi connectivity index (χ1n) is 4.96. The highest BCUT2D eigenvalue weighted by Gasteiger charge is 2.13. The average molecular weight is 266 g/mol. The molecule has 7 heteroatoms. The number of aryl methyl sites for hydroxylation is 2. The van der Waals surface area contributed by atoms with Gasteiger partial charge in [0.1, 0.15) is 16.7 Å². The van der Waals surface area contributed by atoms with Gasteiger partial charge in [-0.3, -0.25) is 4.40 Å². The fraction of sp³-hybridized carbons (Fsp3) is 0.200. The number of nitrogens with zero attached hydrogens (tertiary/aromatic N) is 5. The van der Waals surface area contributed by atoms with E-state index in [1.807, 2.05) is 23.6 Å². The molecule has 0 unspecified atom stereocenters. The fourth-order valence-electron chi connectivity index (χ4n) is 1.68. The highest BCUT2D eigenvalue weighted by molar-refractivity contribution is 7.09. The molecule has 0 atom stereocenters. The lowest BCUT2D eigenvalue weighted by Gasteiger charge is -2.01. The molecule has 0 saturated carbocycles. The van der Waals surface area contributed by atoms with Crippen molar-refractivity contribution >= 4 is 28.6 Å². The smallest absolute Gasteiger partial charge is 0.189 e. The first kappa shape index (κ1) is 10.6. The van der Waals surface area contributed by atoms with Gasteiger partial charge >= 0.3 is 0 Å². The van der Waals surface area contributed by atoms with E-state index in [9.17, 15) is 0 Å². The van der Waals surface area contributed by atoms with Crippen LogP contribution in [0.2, 0.25) is 5.15 Å². The molecule has 0 aliphatic carbocycles. The molecule has 17 heavy (non-hydrogen) atoms. The van der Waals surface area contributed by atoms with E-state index in [4.69, 9.17) is 11.6 Å². The standard InChI is InChI=1S/C10H8ClN5S/c1-5-12-8(11)3-9-14-15-10(16(5)9)7-4-17-6(2)13-7/h3-4H,1-2H3. The van der Waals surface area contributed by atoms with Crippen LogP contribution in [0.1, 0.15) is 10.8 Å². The SMILES string of the molecule is Cc1nc(-c2nnc3cc(Cl)nc(C)n23)cs1. The van der Waals surface area contributed by atoms with Crippen LogP contribution in [0.25, 0.3) is 17.2 Å². The van der Waals surface area contributed by atoms with Crippen molar-refractivity contribution in [1.29, 1.82) is 0 Å². The zero-order valence-corrected chi connectivity index (χ0v) is 10.7. The van der Waals surface area contributed by atoms with Gasteiger partial charge in [-0.2, -0.15) is 0 Å². The van der Waals surface area contributed by atoms with Crippen LogP contribution in [-0.4, -0.2) is 24.6 Å². The monoisotopic (exact) mass is 265 g/mol. The minimum Gasteiger partial charge on any atom is -0.261 e. The number of hydrogen-bond donors (Lipinski definition) is 0. The second-order valence-corrected chi connectivity index (χ2v) is 5.04. The predicted octanol–water partition coefficient (Wildman–Crippen LogP) is 2.52. The summed E-state index contributed by atoms with van der Waals surface area (Å²) in [6.07, 6.45) is 0. The molecule has 86 valence electrons. The number of rotatable bonds is 1. The van der Waals surface area contributed by atoms with Crippen LogP contribution in [0, 0.1) is 13.8 Å². The van der Waals surface area contributed by atoms with Crippen LogP contribution < -0.4 is 0 Å². The molecule has 0 radical (unpaired) electrons. The van der Waals surface area contributed by atoms with Gasteiger partial charge in [0.15, 0.2) is 11.5 Å². The predicted molar refractivity (Wildman–Crippen MR) is 66.4 cm³/mol. The summed E-state index contributed by atoms with van der Waals surface area (Å²) in [6, 6.07) is 1.68. The maximum atomic E-state index is 5.88. The number of halogens is 1. The van der Waals surface area contributed by atoms with Crippen molar-refractivity contribution in [1.82, 2.24) is 24.6 Å². The van der Waals surface area contributed by atoms with Crippen molar-refractivity contribution < 1.29 is 0 Å². The van der Waals surface area contributed by atoms with E-state index in [-0.39, 0.29) is 0 Å². The van der Waals surface area contributed by atoms with Crippen LogP contribution in [0.4, 0.5) is 0 Å². The first-order valence-corrected chi connectivity index (χ1v) is 6.21. The zero-order valence-electron chi connectivity index (χ0n) is 9.18. The highest BCUT2D eigenvalue weighted by atomic mass is 35.5. The molecule has 0 spiro atoms. The van der Waals surface area contributed by atoms with Crippen molar-refractivity contribution in [3.05, 3.63) is 27.4 Å². The van der Waals surface area contributed by atoms with Gasteiger partial charge in [-0.1, -0.05) is 11.6 Å². The average Bonchev–Trinajstić information content (AvgIpc) is 2.83. The lowest BCUT2D eigenvalue weighted by atomic mass is 10.4. The third-order valence-corrected chi connectivity index (χ3v) is 3.34. The van der Waals surface area contributed by atoms with E-state index in [0.29, 0.717) is 16.6 Å². The lowest BCUT2D eigenvalue weighted by molar-refractivity contribution is 0.982. The van der Waals surface area contributed by atoms with Crippen molar-refractivity contribution in [2.45, 2.75) is 13.8 Å². The summed E-state index contributed by atoms with van der Waals surface area (Å²) in [6.45, 7) is 3.82. The van der Waals surface area contributed by atoms with Crippen molar-refractivity contribution in [2.24, 2.45) is 0 Å². The van der Waals surface area contributed by atoms with E-state index in [2.05, 4.69) is 20.2 Å². The minimum atomic E-state index is 0.420. The molecule has 5 nitrogen and oxygen atoms in total. The molecule has 0 saturated heterocycles. The topological polar surface area (TPSA) is 56.0 Å². The molecule has 3 rings (SSSR count). The molecule has 0 aliphatic heterocycles. The van der Waals surface area contributed by atoms with Crippen LogP contribution in [0.3, 0.4) is 0 Å². The Kier molecular flexibility index (Phi) is 2.34. The van der Waals surface area contributed by atoms with Gasteiger partial charge in [-0.05, 0) is 13.8 Å². The molecule has 3 heterocycles. The molecule has 0 fully saturated rings. The number of aromatic nitrogens is 5. The lowest BCUT2D eigenvalue weighted by Crippen LogP contribution is -1.98. The van der Waals surface area contributed by atoms with Crippen molar-refractivity contribution in [2.75, 3.05) is 0 Å². The molecule has 0 N–H and O–H groups in total. The van der Waals surface area contributed by atoms with E-state index >= 15 is 0 Å². The Morgan fingerprint density at radius 2 is 2.06 bits per heavy atom. The maximum absolute atomic E-state index is 5.88. The van der Waals surface area contributed by atoms with Gasteiger partial charge in [0.05, 0.1) is 5.01 Å². The summed E-state index contributed by atoms with van der Waals surface area (Å²) in [7, 11) is 0. The van der Waals surface area contributed by atoms with Gasteiger partial charge in [-0.15, -0.1) is 21.5 Å². The van der Waals surface area contributed by atoms with Gasteiger partial charge in [0, 0.05) is 11.4 Å². The number of thiazole rings is 1. The fourth-order valence-corrected chi connectivity index (χ4v) is 2.50. The van der Waals surface area contributed by atoms with Crippen molar-refractivity contribution in [3.8, 4) is 11.5 Å². The van der Waals surface area contributed by atoms with E-state index in [1.165, 1.54) is 0 Å². The van der Waals surface area contributed by atoms with Crippen LogP contribution in [0.15, 0.2) is 11.4 Å². The highest BCUT2D eigenvalue weighted by Crippen LogP contribution is 2.22. The minimum absolute atomic E-state index is 0.420. The zero-order chi connectivity index (χ0) is 12.0. The third-order valence-electron chi connectivity index (χ3n) is 2.38. The normalized spacial score (nSPS) is 11.2. The molecule has 0 aromatic carbocycles. The van der Waals surface area contributed by atoms with Gasteiger partial charge in [0.25, 0.3) is 0 Å². The summed E-state index contributed by atoms with van der Waals surface area (Å²) in [5, 5.41) is 11.6. The number of fused-ring (bicyclic) bond motifs is 1. The van der Waals surface area contributed by atoms with Crippen LogP contribution in [-0.2, 0) is 0 Å². The van der Waals surface area contributed by atoms with Crippen LogP contribution >= 0.6 is 22.9 Å². The van der Waals surface area contributed by atoms with Gasteiger partial charge < -0.3 is 0 Å². The Hall–Kier alpha value is -1.53. The second-order valence-electron chi connectivity index (χ2n) is 3.60. The van der Waals surface area contributed by atoms with Gasteiger partial charge in [-0.25, -0.2) is 9.97 Å². The Morgan fingerprint density at radius 3 is 2.76 bits per heavy atom.